The van der Waals surface area contributed by atoms with Crippen molar-refractivity contribution in [2.45, 2.75) is 26.2 Å². The van der Waals surface area contributed by atoms with E-state index in [0.717, 1.165) is 37.9 Å². The van der Waals surface area contributed by atoms with Gasteiger partial charge in [0.1, 0.15) is 0 Å². The quantitative estimate of drug-likeness (QED) is 0.925. The van der Waals surface area contributed by atoms with E-state index in [1.165, 1.54) is 0 Å². The summed E-state index contributed by atoms with van der Waals surface area (Å²) in [5.74, 6) is 0.499. The van der Waals surface area contributed by atoms with Gasteiger partial charge in [-0.2, -0.15) is 0 Å². The number of carbonyl (C=O) groups is 1. The van der Waals surface area contributed by atoms with Crippen LogP contribution < -0.4 is 0 Å². The number of aryl methyl sites for hydroxylation is 1. The number of hydrogen-bond donors (Lipinski definition) is 1. The van der Waals surface area contributed by atoms with Crippen molar-refractivity contribution in [2.24, 2.45) is 5.92 Å². The van der Waals surface area contributed by atoms with Gasteiger partial charge in [0.25, 0.3) is 5.91 Å². The lowest BCUT2D eigenvalue weighted by Gasteiger charge is -2.32. The van der Waals surface area contributed by atoms with Crippen molar-refractivity contribution < 1.29 is 9.90 Å². The van der Waals surface area contributed by atoms with E-state index in [9.17, 15) is 4.79 Å². The Kier molecular flexibility index (Phi) is 4.83. The zero-order valence-corrected chi connectivity index (χ0v) is 12.0. The van der Waals surface area contributed by atoms with Gasteiger partial charge in [0.05, 0.1) is 0 Å². The minimum Gasteiger partial charge on any atom is -0.396 e. The molecule has 0 spiro atoms. The molecule has 2 rings (SSSR count). The monoisotopic (exact) mass is 281 g/mol. The van der Waals surface area contributed by atoms with Gasteiger partial charge in [-0.15, -0.1) is 0 Å². The van der Waals surface area contributed by atoms with E-state index >= 15 is 0 Å². The molecule has 0 aromatic heterocycles. The summed E-state index contributed by atoms with van der Waals surface area (Å²) in [5.41, 5.74) is 1.63. The SMILES string of the molecule is Cc1cc(C(=O)N2CCCC(CCO)C2)ccc1Cl. The fourth-order valence-corrected chi connectivity index (χ4v) is 2.75. The number of hydrogen-bond acceptors (Lipinski definition) is 2. The highest BCUT2D eigenvalue weighted by molar-refractivity contribution is 6.31. The molecule has 1 aliphatic rings. The van der Waals surface area contributed by atoms with Crippen LogP contribution in [0.3, 0.4) is 0 Å². The van der Waals surface area contributed by atoms with Crippen LogP contribution >= 0.6 is 11.6 Å². The van der Waals surface area contributed by atoms with E-state index in [2.05, 4.69) is 0 Å². The van der Waals surface area contributed by atoms with Gasteiger partial charge in [-0.3, -0.25) is 4.79 Å². The molecule has 1 atom stereocenters. The smallest absolute Gasteiger partial charge is 0.253 e. The molecule has 104 valence electrons. The maximum absolute atomic E-state index is 12.4. The van der Waals surface area contributed by atoms with Crippen LogP contribution in [0, 0.1) is 12.8 Å². The summed E-state index contributed by atoms with van der Waals surface area (Å²) in [6.07, 6.45) is 2.90. The number of piperidine rings is 1. The largest absolute Gasteiger partial charge is 0.396 e. The molecule has 0 radical (unpaired) electrons. The van der Waals surface area contributed by atoms with Gasteiger partial charge in [-0.1, -0.05) is 11.6 Å². The number of aliphatic hydroxyl groups is 1. The Balaban J connectivity index is 2.08. The van der Waals surface area contributed by atoms with Gasteiger partial charge >= 0.3 is 0 Å². The van der Waals surface area contributed by atoms with Crippen LogP contribution in [0.1, 0.15) is 35.2 Å². The normalized spacial score (nSPS) is 19.5. The molecule has 1 unspecified atom stereocenters. The molecule has 1 aliphatic heterocycles. The third kappa shape index (κ3) is 3.48. The van der Waals surface area contributed by atoms with E-state index in [1.807, 2.05) is 17.9 Å². The standard InChI is InChI=1S/C15H20ClNO2/c1-11-9-13(4-5-14(11)16)15(19)17-7-2-3-12(10-17)6-8-18/h4-5,9,12,18H,2-3,6-8,10H2,1H3. The second-order valence-corrected chi connectivity index (χ2v) is 5.64. The van der Waals surface area contributed by atoms with Crippen LogP contribution in [0.2, 0.25) is 5.02 Å². The second kappa shape index (κ2) is 6.40. The number of carbonyl (C=O) groups excluding carboxylic acids is 1. The summed E-state index contributed by atoms with van der Waals surface area (Å²) in [6.45, 7) is 3.67. The first-order valence-corrected chi connectivity index (χ1v) is 7.16. The minimum atomic E-state index is 0.0717. The van der Waals surface area contributed by atoms with Gasteiger partial charge in [0.15, 0.2) is 0 Å². The highest BCUT2D eigenvalue weighted by Gasteiger charge is 2.24. The summed E-state index contributed by atoms with van der Waals surface area (Å²) < 4.78 is 0. The van der Waals surface area contributed by atoms with Crippen LogP contribution in [-0.4, -0.2) is 35.6 Å². The molecular weight excluding hydrogens is 262 g/mol. The predicted octanol–water partition coefficient (Wildman–Crippen LogP) is 2.88. The molecule has 0 bridgehead atoms. The van der Waals surface area contributed by atoms with Crippen molar-refractivity contribution in [3.63, 3.8) is 0 Å². The van der Waals surface area contributed by atoms with Gasteiger partial charge in [0, 0.05) is 30.3 Å². The molecule has 1 aromatic carbocycles. The average molecular weight is 282 g/mol. The number of amides is 1. The first-order chi connectivity index (χ1) is 9.11. The number of aliphatic hydroxyl groups excluding tert-OH is 1. The molecule has 19 heavy (non-hydrogen) atoms. The fraction of sp³-hybridized carbons (Fsp3) is 0.533. The van der Waals surface area contributed by atoms with Crippen LogP contribution in [0.15, 0.2) is 18.2 Å². The van der Waals surface area contributed by atoms with Gasteiger partial charge in [-0.25, -0.2) is 0 Å². The number of likely N-dealkylation sites (tertiary alicyclic amines) is 1. The highest BCUT2D eigenvalue weighted by atomic mass is 35.5. The molecule has 1 fully saturated rings. The van der Waals surface area contributed by atoms with Crippen LogP contribution in [0.25, 0.3) is 0 Å². The van der Waals surface area contributed by atoms with Crippen LogP contribution in [0.4, 0.5) is 0 Å². The molecule has 0 saturated carbocycles. The van der Waals surface area contributed by atoms with Crippen molar-refractivity contribution in [2.75, 3.05) is 19.7 Å². The first kappa shape index (κ1) is 14.4. The molecule has 1 aromatic rings. The van der Waals surface area contributed by atoms with Crippen LogP contribution in [0.5, 0.6) is 0 Å². The Labute approximate surface area is 119 Å². The van der Waals surface area contributed by atoms with Crippen molar-refractivity contribution in [1.29, 1.82) is 0 Å². The maximum Gasteiger partial charge on any atom is 0.253 e. The zero-order chi connectivity index (χ0) is 13.8. The molecule has 4 heteroatoms. The van der Waals surface area contributed by atoms with Crippen LogP contribution in [-0.2, 0) is 0 Å². The third-order valence-corrected chi connectivity index (χ3v) is 4.17. The van der Waals surface area contributed by atoms with E-state index in [4.69, 9.17) is 16.7 Å². The summed E-state index contributed by atoms with van der Waals surface area (Å²) in [7, 11) is 0. The summed E-state index contributed by atoms with van der Waals surface area (Å²) in [4.78, 5) is 14.3. The molecule has 3 nitrogen and oxygen atoms in total. The Morgan fingerprint density at radius 2 is 2.32 bits per heavy atom. The third-order valence-electron chi connectivity index (χ3n) is 3.75. The summed E-state index contributed by atoms with van der Waals surface area (Å²) in [5, 5.41) is 9.70. The molecule has 1 N–H and O–H groups in total. The first-order valence-electron chi connectivity index (χ1n) is 6.78. The van der Waals surface area contributed by atoms with E-state index in [0.29, 0.717) is 16.5 Å². The topological polar surface area (TPSA) is 40.5 Å². The molecule has 0 aliphatic carbocycles. The summed E-state index contributed by atoms with van der Waals surface area (Å²) >= 11 is 5.98. The minimum absolute atomic E-state index is 0.0717. The van der Waals surface area contributed by atoms with Gasteiger partial charge < -0.3 is 10.0 Å². The van der Waals surface area contributed by atoms with E-state index < -0.39 is 0 Å². The lowest BCUT2D eigenvalue weighted by molar-refractivity contribution is 0.0653. The number of nitrogens with zero attached hydrogens (tertiary/aromatic N) is 1. The molecule has 1 heterocycles. The Bertz CT molecular complexity index is 459. The lowest BCUT2D eigenvalue weighted by atomic mass is 9.94. The van der Waals surface area contributed by atoms with Crippen molar-refractivity contribution in [1.82, 2.24) is 4.90 Å². The Morgan fingerprint density at radius 1 is 1.53 bits per heavy atom. The molecular formula is C15H20ClNO2. The summed E-state index contributed by atoms with van der Waals surface area (Å²) in [6, 6.07) is 5.41. The van der Waals surface area contributed by atoms with E-state index in [1.54, 1.807) is 12.1 Å². The highest BCUT2D eigenvalue weighted by Crippen LogP contribution is 2.22. The Morgan fingerprint density at radius 3 is 3.00 bits per heavy atom. The average Bonchev–Trinajstić information content (AvgIpc) is 2.42. The molecule has 1 amide bonds. The Hall–Kier alpha value is -1.06. The van der Waals surface area contributed by atoms with Crippen molar-refractivity contribution in [3.05, 3.63) is 34.3 Å². The maximum atomic E-state index is 12.4. The van der Waals surface area contributed by atoms with Gasteiger partial charge in [-0.05, 0) is 55.9 Å². The van der Waals surface area contributed by atoms with Crippen molar-refractivity contribution >= 4 is 17.5 Å². The number of benzene rings is 1. The van der Waals surface area contributed by atoms with Gasteiger partial charge in [0.2, 0.25) is 0 Å². The number of halogens is 1. The zero-order valence-electron chi connectivity index (χ0n) is 11.2. The second-order valence-electron chi connectivity index (χ2n) is 5.24. The predicted molar refractivity (Wildman–Crippen MR) is 76.5 cm³/mol. The van der Waals surface area contributed by atoms with Crippen molar-refractivity contribution in [3.8, 4) is 0 Å². The molecule has 1 saturated heterocycles. The van der Waals surface area contributed by atoms with E-state index in [-0.39, 0.29) is 12.5 Å². The lowest BCUT2D eigenvalue weighted by Crippen LogP contribution is -2.40. The fourth-order valence-electron chi connectivity index (χ4n) is 2.63. The number of rotatable bonds is 3.